The summed E-state index contributed by atoms with van der Waals surface area (Å²) in [5, 5.41) is 0. The third-order valence-corrected chi connectivity index (χ3v) is 7.58. The smallest absolute Gasteiger partial charge is 0.206 e. The van der Waals surface area contributed by atoms with Gasteiger partial charge in [0.05, 0.1) is 5.56 Å². The Labute approximate surface area is 155 Å². The van der Waals surface area contributed by atoms with E-state index in [-0.39, 0.29) is 11.5 Å². The minimum absolute atomic E-state index is 0.0433. The zero-order valence-electron chi connectivity index (χ0n) is 15.9. The molecule has 0 aliphatic heterocycles. The molecule has 144 valence electrons. The maximum absolute atomic E-state index is 15.1. The van der Waals surface area contributed by atoms with Gasteiger partial charge in [0.2, 0.25) is 0 Å². The first-order valence-corrected chi connectivity index (χ1v) is 10.7. The minimum atomic E-state index is -3.01. The van der Waals surface area contributed by atoms with E-state index >= 15 is 8.78 Å². The number of halogens is 3. The van der Waals surface area contributed by atoms with Crippen LogP contribution >= 0.6 is 0 Å². The van der Waals surface area contributed by atoms with Crippen LogP contribution in [-0.4, -0.2) is 0 Å². The average Bonchev–Trinajstić information content (AvgIpc) is 2.93. The summed E-state index contributed by atoms with van der Waals surface area (Å²) in [6.07, 6.45) is 11.8. The standard InChI is InChI=1S/C23H31F3/c1-2-15-12-19-14-20(23(25,26)22(19)21(24)13-15)18-10-8-17(9-11-18)16-6-4-3-5-7-16/h12-13,16-18,20H,2-11,14H2,1H3. The van der Waals surface area contributed by atoms with E-state index in [1.807, 2.05) is 13.0 Å². The largest absolute Gasteiger partial charge is 0.279 e. The van der Waals surface area contributed by atoms with E-state index in [9.17, 15) is 4.39 Å². The van der Waals surface area contributed by atoms with E-state index < -0.39 is 17.7 Å². The van der Waals surface area contributed by atoms with E-state index in [1.54, 1.807) is 0 Å². The molecule has 2 fully saturated rings. The first-order chi connectivity index (χ1) is 12.5. The summed E-state index contributed by atoms with van der Waals surface area (Å²) >= 11 is 0. The summed E-state index contributed by atoms with van der Waals surface area (Å²) in [6, 6.07) is 3.13. The van der Waals surface area contributed by atoms with Crippen LogP contribution in [0.3, 0.4) is 0 Å². The van der Waals surface area contributed by atoms with Gasteiger partial charge in [-0.2, -0.15) is 0 Å². The molecule has 0 saturated heterocycles. The first kappa shape index (κ1) is 18.4. The van der Waals surface area contributed by atoms with Crippen LogP contribution in [0, 0.1) is 29.5 Å². The number of fused-ring (bicyclic) bond motifs is 1. The van der Waals surface area contributed by atoms with Crippen molar-refractivity contribution >= 4 is 0 Å². The second-order valence-corrected chi connectivity index (χ2v) is 8.97. The average molecular weight is 364 g/mol. The third kappa shape index (κ3) is 3.20. The summed E-state index contributed by atoms with van der Waals surface area (Å²) in [6.45, 7) is 1.94. The Kier molecular flexibility index (Phi) is 5.09. The fraction of sp³-hybridized carbons (Fsp3) is 0.739. The summed E-state index contributed by atoms with van der Waals surface area (Å²) in [4.78, 5) is 0. The van der Waals surface area contributed by atoms with Gasteiger partial charge in [-0.05, 0) is 73.5 Å². The predicted octanol–water partition coefficient (Wildman–Crippen LogP) is 7.04. The SMILES string of the molecule is CCc1cc(F)c2c(c1)CC(C1CCC(C3CCCCC3)CC1)C2(F)F. The molecule has 0 heterocycles. The Morgan fingerprint density at radius 2 is 1.50 bits per heavy atom. The first-order valence-electron chi connectivity index (χ1n) is 10.7. The number of hydrogen-bond donors (Lipinski definition) is 0. The Morgan fingerprint density at radius 1 is 0.885 bits per heavy atom. The molecule has 0 amide bonds. The predicted molar refractivity (Wildman–Crippen MR) is 98.9 cm³/mol. The molecule has 0 radical (unpaired) electrons. The number of rotatable bonds is 3. The molecule has 1 atom stereocenters. The molecule has 0 aromatic heterocycles. The lowest BCUT2D eigenvalue weighted by molar-refractivity contribution is -0.0852. The molecule has 4 rings (SSSR count). The van der Waals surface area contributed by atoms with E-state index in [4.69, 9.17) is 0 Å². The minimum Gasteiger partial charge on any atom is -0.206 e. The molecule has 0 nitrogen and oxygen atoms in total. The van der Waals surface area contributed by atoms with Gasteiger partial charge in [0.1, 0.15) is 5.82 Å². The second-order valence-electron chi connectivity index (χ2n) is 8.97. The molecule has 1 aromatic rings. The fourth-order valence-electron chi connectivity index (χ4n) is 6.10. The van der Waals surface area contributed by atoms with Gasteiger partial charge in [0.15, 0.2) is 0 Å². The molecule has 1 aromatic carbocycles. The van der Waals surface area contributed by atoms with Gasteiger partial charge in [-0.3, -0.25) is 0 Å². The van der Waals surface area contributed by atoms with Crippen molar-refractivity contribution in [2.75, 3.05) is 0 Å². The quantitative estimate of drug-likeness (QED) is 0.539. The molecule has 0 N–H and O–H groups in total. The zero-order valence-corrected chi connectivity index (χ0v) is 15.9. The van der Waals surface area contributed by atoms with Gasteiger partial charge in [-0.25, -0.2) is 13.2 Å². The van der Waals surface area contributed by atoms with Crippen molar-refractivity contribution in [2.45, 2.75) is 83.5 Å². The van der Waals surface area contributed by atoms with E-state index in [0.29, 0.717) is 18.4 Å². The van der Waals surface area contributed by atoms with Crippen LogP contribution in [0.1, 0.15) is 81.4 Å². The van der Waals surface area contributed by atoms with E-state index in [0.717, 1.165) is 43.1 Å². The van der Waals surface area contributed by atoms with E-state index in [2.05, 4.69) is 0 Å². The van der Waals surface area contributed by atoms with Crippen LogP contribution in [0.2, 0.25) is 0 Å². The van der Waals surface area contributed by atoms with Crippen LogP contribution in [0.5, 0.6) is 0 Å². The van der Waals surface area contributed by atoms with Crippen LogP contribution in [-0.2, 0) is 18.8 Å². The van der Waals surface area contributed by atoms with Crippen molar-refractivity contribution in [1.82, 2.24) is 0 Å². The van der Waals surface area contributed by atoms with Crippen LogP contribution in [0.4, 0.5) is 13.2 Å². The van der Waals surface area contributed by atoms with Crippen molar-refractivity contribution in [1.29, 1.82) is 0 Å². The molecule has 26 heavy (non-hydrogen) atoms. The maximum atomic E-state index is 15.1. The van der Waals surface area contributed by atoms with Crippen LogP contribution < -0.4 is 0 Å². The number of alkyl halides is 2. The summed E-state index contributed by atoms with van der Waals surface area (Å²) in [5.74, 6) is -2.78. The second kappa shape index (κ2) is 7.20. The molecule has 0 spiro atoms. The Morgan fingerprint density at radius 3 is 2.15 bits per heavy atom. The molecule has 0 bridgehead atoms. The Balaban J connectivity index is 1.46. The lowest BCUT2D eigenvalue weighted by atomic mass is 9.68. The third-order valence-electron chi connectivity index (χ3n) is 7.58. The van der Waals surface area contributed by atoms with Crippen molar-refractivity contribution in [3.63, 3.8) is 0 Å². The Hall–Kier alpha value is -0.990. The lowest BCUT2D eigenvalue weighted by Gasteiger charge is -2.39. The molecular weight excluding hydrogens is 333 g/mol. The summed E-state index contributed by atoms with van der Waals surface area (Å²) < 4.78 is 44.6. The van der Waals surface area contributed by atoms with Gasteiger partial charge in [0.25, 0.3) is 5.92 Å². The highest BCUT2D eigenvalue weighted by Gasteiger charge is 2.53. The lowest BCUT2D eigenvalue weighted by Crippen LogP contribution is -2.33. The molecule has 3 heteroatoms. The van der Waals surface area contributed by atoms with Crippen LogP contribution in [0.15, 0.2) is 12.1 Å². The molecular formula is C23H31F3. The van der Waals surface area contributed by atoms with Crippen LogP contribution in [0.25, 0.3) is 0 Å². The number of benzene rings is 1. The molecule has 3 aliphatic carbocycles. The number of hydrogen-bond acceptors (Lipinski definition) is 0. The molecule has 3 aliphatic rings. The maximum Gasteiger partial charge on any atom is 0.279 e. The van der Waals surface area contributed by atoms with Crippen molar-refractivity contribution in [2.24, 2.45) is 23.7 Å². The van der Waals surface area contributed by atoms with Gasteiger partial charge in [-0.15, -0.1) is 0 Å². The zero-order chi connectivity index (χ0) is 18.3. The van der Waals surface area contributed by atoms with Gasteiger partial charge in [0, 0.05) is 5.92 Å². The van der Waals surface area contributed by atoms with Gasteiger partial charge in [-0.1, -0.05) is 45.1 Å². The van der Waals surface area contributed by atoms with Crippen molar-refractivity contribution in [3.05, 3.63) is 34.6 Å². The highest BCUT2D eigenvalue weighted by atomic mass is 19.3. The monoisotopic (exact) mass is 364 g/mol. The van der Waals surface area contributed by atoms with Gasteiger partial charge >= 0.3 is 0 Å². The molecule has 1 unspecified atom stereocenters. The topological polar surface area (TPSA) is 0 Å². The van der Waals surface area contributed by atoms with Crippen molar-refractivity contribution in [3.8, 4) is 0 Å². The summed E-state index contributed by atoms with van der Waals surface area (Å²) in [5.41, 5.74) is 1.10. The molecule has 2 saturated carbocycles. The van der Waals surface area contributed by atoms with E-state index in [1.165, 1.54) is 38.2 Å². The number of aryl methyl sites for hydroxylation is 1. The fourth-order valence-corrected chi connectivity index (χ4v) is 6.10. The normalized spacial score (nSPS) is 31.8. The van der Waals surface area contributed by atoms with Gasteiger partial charge < -0.3 is 0 Å². The van der Waals surface area contributed by atoms with Crippen molar-refractivity contribution < 1.29 is 13.2 Å². The summed E-state index contributed by atoms with van der Waals surface area (Å²) in [7, 11) is 0. The highest BCUT2D eigenvalue weighted by molar-refractivity contribution is 5.41. The Bertz CT molecular complexity index is 637. The highest BCUT2D eigenvalue weighted by Crippen LogP contribution is 2.54.